The molecule has 0 saturated heterocycles. The van der Waals surface area contributed by atoms with Crippen molar-refractivity contribution in [2.75, 3.05) is 0 Å². The van der Waals surface area contributed by atoms with Gasteiger partial charge < -0.3 is 0 Å². The highest BCUT2D eigenvalue weighted by Gasteiger charge is 1.96. The van der Waals surface area contributed by atoms with Crippen molar-refractivity contribution in [2.45, 2.75) is 23.0 Å². The fourth-order valence-corrected chi connectivity index (χ4v) is 3.67. The molecule has 0 aromatic heterocycles. The Morgan fingerprint density at radius 2 is 2.00 bits per heavy atom. The minimum absolute atomic E-state index is 0.158. The Hall–Kier alpha value is 0.749. The van der Waals surface area contributed by atoms with Crippen LogP contribution in [0.15, 0.2) is 0 Å². The van der Waals surface area contributed by atoms with E-state index in [4.69, 9.17) is 0 Å². The van der Waals surface area contributed by atoms with Crippen LogP contribution < -0.4 is 0 Å². The molecule has 0 aromatic carbocycles. The van der Waals surface area contributed by atoms with E-state index in [1.165, 1.54) is 9.52 Å². The zero-order valence-corrected chi connectivity index (χ0v) is 6.94. The molecule has 0 saturated carbocycles. The first-order chi connectivity index (χ1) is 2.77. The highest BCUT2D eigenvalue weighted by atomic mass is 28.2. The Bertz CT molecular complexity index is 28.7. The first kappa shape index (κ1) is 6.75. The van der Waals surface area contributed by atoms with Gasteiger partial charge in [0.1, 0.15) is 0 Å². The molecule has 6 heavy (non-hydrogen) atoms. The molecule has 0 nitrogen and oxygen atoms in total. The van der Waals surface area contributed by atoms with Crippen molar-refractivity contribution in [3.63, 3.8) is 0 Å². The van der Waals surface area contributed by atoms with E-state index in [0.29, 0.717) is 0 Å². The monoisotopic (exact) mass is 114 g/mol. The van der Waals surface area contributed by atoms with E-state index in [-0.39, 0.29) is 14.1 Å². The molecule has 2 heteroatoms. The molecule has 0 aliphatic heterocycles. The molecule has 0 bridgehead atoms. The van der Waals surface area contributed by atoms with Crippen molar-refractivity contribution < 1.29 is 0 Å². The van der Waals surface area contributed by atoms with E-state index in [1.54, 1.807) is 4.91 Å². The molecule has 0 aliphatic carbocycles. The zero-order valence-electron chi connectivity index (χ0n) is 4.78. The molecule has 0 aromatic rings. The van der Waals surface area contributed by atoms with Crippen molar-refractivity contribution >= 4 is 23.7 Å². The molecule has 0 amide bonds. The van der Waals surface area contributed by atoms with E-state index >= 15 is 0 Å². The Balaban J connectivity index is 2.63. The first-order valence-corrected chi connectivity index (χ1v) is 7.25. The number of hydrogen-bond donors (Lipinski definition) is 0. The van der Waals surface area contributed by atoms with Crippen molar-refractivity contribution in [1.82, 2.24) is 0 Å². The summed E-state index contributed by atoms with van der Waals surface area (Å²) >= 11 is -0.158. The van der Waals surface area contributed by atoms with E-state index < -0.39 is 0 Å². The van der Waals surface area contributed by atoms with Crippen LogP contribution in [0, 0.1) is 0 Å². The zero-order chi connectivity index (χ0) is 4.99. The normalized spacial score (nSPS) is 8.50. The van der Waals surface area contributed by atoms with Crippen LogP contribution in [0.1, 0.15) is 0 Å². The summed E-state index contributed by atoms with van der Waals surface area (Å²) < 4.78 is 0. The lowest BCUT2D eigenvalue weighted by Gasteiger charge is -1.87. The van der Waals surface area contributed by atoms with Crippen LogP contribution in [0.25, 0.3) is 0 Å². The van der Waals surface area contributed by atoms with Crippen molar-refractivity contribution in [1.29, 1.82) is 0 Å². The lowest BCUT2D eigenvalue weighted by atomic mass is 11.8. The van der Waals surface area contributed by atoms with Crippen molar-refractivity contribution in [3.05, 3.63) is 0 Å². The Labute approximate surface area is 47.2 Å². The van der Waals surface area contributed by atoms with Crippen molar-refractivity contribution in [2.24, 2.45) is 0 Å². The highest BCUT2D eigenvalue weighted by molar-refractivity contribution is 6.67. The fraction of sp³-hybridized carbons (Fsp3) is 1.00. The lowest BCUT2D eigenvalue weighted by molar-refractivity contribution is 1.78. The van der Waals surface area contributed by atoms with Gasteiger partial charge in [-0.1, -0.05) is 6.55 Å². The van der Waals surface area contributed by atoms with Gasteiger partial charge in [-0.3, -0.25) is 0 Å². The average Bonchev–Trinajstić information content (AvgIpc) is 1.35. The summed E-state index contributed by atoms with van der Waals surface area (Å²) in [4.78, 5) is 1.54. The van der Waals surface area contributed by atoms with Gasteiger partial charge in [0.15, 0.2) is 0 Å². The van der Waals surface area contributed by atoms with Gasteiger partial charge >= 0.3 is 0 Å². The van der Waals surface area contributed by atoms with Gasteiger partial charge in [0.25, 0.3) is 14.1 Å². The maximum absolute atomic E-state index is 2.40. The number of rotatable bonds is 2. The maximum atomic E-state index is 2.40. The standard InChI is InChI=1S/C2H5Si.2CH3.Al/c1-3-2;;;/h1H2,2H3;2*1H3;. The second-order valence-corrected chi connectivity index (χ2v) is 7.08. The summed E-state index contributed by atoms with van der Waals surface area (Å²) in [5.41, 5.74) is 0. The third-order valence-electron chi connectivity index (χ3n) is 0.612. The largest absolute Gasteiger partial charge is 0.251 e. The Morgan fingerprint density at radius 1 is 1.50 bits per heavy atom. The summed E-state index contributed by atoms with van der Waals surface area (Å²) in [7, 11) is 1.20. The minimum Gasteiger partial charge on any atom is -0.106 e. The predicted octanol–water partition coefficient (Wildman–Crippen LogP) is 1.45. The van der Waals surface area contributed by atoms with E-state index in [0.717, 1.165) is 0 Å². The van der Waals surface area contributed by atoms with Gasteiger partial charge in [0.2, 0.25) is 0 Å². The first-order valence-electron chi connectivity index (χ1n) is 2.42. The SMILES string of the molecule is C[Si][CH2][Al]([CH3])[CH3]. The fourth-order valence-electron chi connectivity index (χ4n) is 0.408. The highest BCUT2D eigenvalue weighted by Crippen LogP contribution is 1.84. The van der Waals surface area contributed by atoms with Crippen LogP contribution >= 0.6 is 0 Å². The smallest absolute Gasteiger partial charge is 0.106 e. The third kappa shape index (κ3) is 4.75. The Kier molecular flexibility index (Phi) is 4.41. The molecule has 34 valence electrons. The molecule has 0 spiro atoms. The molecular weight excluding hydrogens is 103 g/mol. The quantitative estimate of drug-likeness (QED) is 0.477. The predicted molar refractivity (Wildman–Crippen MR) is 33.9 cm³/mol. The van der Waals surface area contributed by atoms with Crippen LogP contribution in [-0.2, 0) is 0 Å². The summed E-state index contributed by atoms with van der Waals surface area (Å²) in [6.45, 7) is 2.28. The third-order valence-corrected chi connectivity index (χ3v) is 5.51. The summed E-state index contributed by atoms with van der Waals surface area (Å²) in [5, 5.41) is 0. The van der Waals surface area contributed by atoms with Crippen LogP contribution in [0.3, 0.4) is 0 Å². The average molecular weight is 114 g/mol. The van der Waals surface area contributed by atoms with E-state index in [9.17, 15) is 0 Å². The molecule has 0 aliphatic rings. The van der Waals surface area contributed by atoms with Gasteiger partial charge in [0.05, 0.1) is 0 Å². The molecule has 0 unspecified atom stereocenters. The van der Waals surface area contributed by atoms with Gasteiger partial charge in [-0.25, -0.2) is 0 Å². The molecular formula is C4H11AlSi. The minimum atomic E-state index is -0.158. The van der Waals surface area contributed by atoms with Crippen LogP contribution in [0.5, 0.6) is 0 Å². The van der Waals surface area contributed by atoms with Crippen LogP contribution in [0.4, 0.5) is 0 Å². The van der Waals surface area contributed by atoms with E-state index in [1.807, 2.05) is 0 Å². The molecule has 0 heterocycles. The molecule has 0 rings (SSSR count). The van der Waals surface area contributed by atoms with Crippen molar-refractivity contribution in [3.8, 4) is 0 Å². The Morgan fingerprint density at radius 3 is 2.00 bits per heavy atom. The molecule has 0 fully saturated rings. The molecule has 0 N–H and O–H groups in total. The van der Waals surface area contributed by atoms with Gasteiger partial charge in [0, 0.05) is 9.52 Å². The number of hydrogen-bond acceptors (Lipinski definition) is 0. The van der Waals surface area contributed by atoms with Gasteiger partial charge in [-0.15, -0.1) is 16.5 Å². The summed E-state index contributed by atoms with van der Waals surface area (Å²) in [6.07, 6.45) is 0. The van der Waals surface area contributed by atoms with E-state index in [2.05, 4.69) is 18.1 Å². The van der Waals surface area contributed by atoms with Gasteiger partial charge in [-0.2, -0.15) is 0 Å². The maximum Gasteiger partial charge on any atom is 0.251 e. The molecule has 0 atom stereocenters. The second kappa shape index (κ2) is 3.92. The summed E-state index contributed by atoms with van der Waals surface area (Å²) in [6, 6.07) is 0. The topological polar surface area (TPSA) is 0 Å². The van der Waals surface area contributed by atoms with Crippen LogP contribution in [-0.4, -0.2) is 23.7 Å². The second-order valence-electron chi connectivity index (χ2n) is 1.95. The van der Waals surface area contributed by atoms with Gasteiger partial charge in [-0.05, 0) is 0 Å². The summed E-state index contributed by atoms with van der Waals surface area (Å²) in [5.74, 6) is 4.80. The molecule has 2 radical (unpaired) electrons. The van der Waals surface area contributed by atoms with Crippen LogP contribution in [0.2, 0.25) is 23.0 Å². The lowest BCUT2D eigenvalue weighted by Crippen LogP contribution is -2.01.